The van der Waals surface area contributed by atoms with Crippen molar-refractivity contribution in [1.82, 2.24) is 4.90 Å². The molecule has 0 spiro atoms. The molecule has 3 atom stereocenters. The Morgan fingerprint density at radius 3 is 2.17 bits per heavy atom. The molecule has 8 nitrogen and oxygen atoms in total. The van der Waals surface area contributed by atoms with Gasteiger partial charge in [0, 0.05) is 19.0 Å². The number of rotatable bonds is 3. The number of carbonyl (C=O) groups is 2. The number of ether oxygens (including phenoxy) is 2. The van der Waals surface area contributed by atoms with Gasteiger partial charge in [0.05, 0.1) is 19.5 Å². The summed E-state index contributed by atoms with van der Waals surface area (Å²) in [6.45, 7) is 7.14. The monoisotopic (exact) mass is 351 g/mol. The van der Waals surface area contributed by atoms with Gasteiger partial charge in [-0.05, 0) is 20.8 Å². The van der Waals surface area contributed by atoms with Gasteiger partial charge in [-0.15, -0.1) is 0 Å². The molecule has 0 saturated carbocycles. The molecule has 0 aromatic rings. The number of piperidine rings is 1. The summed E-state index contributed by atoms with van der Waals surface area (Å²) >= 11 is 0. The fourth-order valence-electron chi connectivity index (χ4n) is 2.46. The second kappa shape index (κ2) is 7.04. The van der Waals surface area contributed by atoms with Crippen LogP contribution in [0.25, 0.3) is 0 Å². The highest BCUT2D eigenvalue weighted by Crippen LogP contribution is 2.28. The summed E-state index contributed by atoms with van der Waals surface area (Å²) in [5.41, 5.74) is -0.665. The first kappa shape index (κ1) is 19.7. The van der Waals surface area contributed by atoms with E-state index in [2.05, 4.69) is 0 Å². The summed E-state index contributed by atoms with van der Waals surface area (Å²) in [5, 5.41) is 0. The number of methoxy groups -OCH3 is 1. The van der Waals surface area contributed by atoms with Crippen LogP contribution in [0.4, 0.5) is 4.79 Å². The Morgan fingerprint density at radius 1 is 1.17 bits per heavy atom. The number of esters is 1. The van der Waals surface area contributed by atoms with E-state index in [0.29, 0.717) is 0 Å². The standard InChI is InChI=1S/C14H25NO7S/c1-9-7-15(13(17)21-14(2,3)4)8-10(12(16)20-5)11(9)22-23(6,18)19/h9-11H,7-8H2,1-6H3. The van der Waals surface area contributed by atoms with Crippen LogP contribution in [-0.4, -0.2) is 63.5 Å². The second-order valence-corrected chi connectivity index (χ2v) is 8.36. The normalized spacial score (nSPS) is 25.8. The summed E-state index contributed by atoms with van der Waals surface area (Å²) < 4.78 is 37.9. The molecule has 0 bridgehead atoms. The van der Waals surface area contributed by atoms with E-state index in [4.69, 9.17) is 13.7 Å². The Hall–Kier alpha value is -1.35. The predicted molar refractivity (Wildman–Crippen MR) is 82.2 cm³/mol. The maximum atomic E-state index is 12.2. The Balaban J connectivity index is 2.97. The molecular formula is C14H25NO7S. The number of hydrogen-bond acceptors (Lipinski definition) is 7. The zero-order valence-electron chi connectivity index (χ0n) is 14.4. The van der Waals surface area contributed by atoms with Crippen molar-refractivity contribution in [3.63, 3.8) is 0 Å². The quantitative estimate of drug-likeness (QED) is 0.552. The van der Waals surface area contributed by atoms with Crippen molar-refractivity contribution in [3.05, 3.63) is 0 Å². The Labute approximate surface area is 137 Å². The lowest BCUT2D eigenvalue weighted by molar-refractivity contribution is -0.153. The molecule has 1 rings (SSSR count). The SMILES string of the molecule is COC(=O)C1CN(C(=O)OC(C)(C)C)CC(C)C1OS(C)(=O)=O. The highest BCUT2D eigenvalue weighted by molar-refractivity contribution is 7.86. The number of carbonyl (C=O) groups excluding carboxylic acids is 2. The summed E-state index contributed by atoms with van der Waals surface area (Å²) in [5.74, 6) is -1.90. The molecule has 134 valence electrons. The molecule has 0 aliphatic carbocycles. The molecule has 9 heteroatoms. The summed E-state index contributed by atoms with van der Waals surface area (Å²) in [7, 11) is -2.54. The van der Waals surface area contributed by atoms with Gasteiger partial charge in [0.2, 0.25) is 0 Å². The third kappa shape index (κ3) is 5.98. The Kier molecular flexibility index (Phi) is 6.03. The van der Waals surface area contributed by atoms with E-state index >= 15 is 0 Å². The molecule has 23 heavy (non-hydrogen) atoms. The lowest BCUT2D eigenvalue weighted by atomic mass is 9.87. The van der Waals surface area contributed by atoms with E-state index < -0.39 is 39.8 Å². The number of amides is 1. The van der Waals surface area contributed by atoms with E-state index in [9.17, 15) is 18.0 Å². The van der Waals surface area contributed by atoms with Gasteiger partial charge < -0.3 is 14.4 Å². The molecule has 3 unspecified atom stereocenters. The number of hydrogen-bond donors (Lipinski definition) is 0. The minimum absolute atomic E-state index is 0.0217. The zero-order chi connectivity index (χ0) is 18.0. The molecule has 1 saturated heterocycles. The molecule has 1 fully saturated rings. The molecule has 1 heterocycles. The molecule has 0 N–H and O–H groups in total. The minimum Gasteiger partial charge on any atom is -0.469 e. The van der Waals surface area contributed by atoms with Gasteiger partial charge in [0.1, 0.15) is 11.5 Å². The number of likely N-dealkylation sites (tertiary alicyclic amines) is 1. The van der Waals surface area contributed by atoms with Crippen LogP contribution in [0.2, 0.25) is 0 Å². The van der Waals surface area contributed by atoms with Crippen molar-refractivity contribution >= 4 is 22.2 Å². The van der Waals surface area contributed by atoms with Crippen LogP contribution in [-0.2, 0) is 28.6 Å². The van der Waals surface area contributed by atoms with Gasteiger partial charge in [-0.25, -0.2) is 4.79 Å². The molecule has 1 aliphatic rings. The van der Waals surface area contributed by atoms with Crippen LogP contribution in [0.1, 0.15) is 27.7 Å². The van der Waals surface area contributed by atoms with E-state index in [-0.39, 0.29) is 19.0 Å². The van der Waals surface area contributed by atoms with Crippen molar-refractivity contribution in [3.8, 4) is 0 Å². The van der Waals surface area contributed by atoms with E-state index in [0.717, 1.165) is 6.26 Å². The molecular weight excluding hydrogens is 326 g/mol. The maximum absolute atomic E-state index is 12.2. The summed E-state index contributed by atoms with van der Waals surface area (Å²) in [4.78, 5) is 25.6. The van der Waals surface area contributed by atoms with Gasteiger partial charge >= 0.3 is 12.1 Å². The van der Waals surface area contributed by atoms with Crippen molar-refractivity contribution < 1.29 is 31.7 Å². The van der Waals surface area contributed by atoms with Gasteiger partial charge in [-0.2, -0.15) is 8.42 Å². The van der Waals surface area contributed by atoms with Crippen molar-refractivity contribution in [2.75, 3.05) is 26.5 Å². The van der Waals surface area contributed by atoms with E-state index in [1.165, 1.54) is 12.0 Å². The summed E-state index contributed by atoms with van der Waals surface area (Å²) in [6, 6.07) is 0. The van der Waals surface area contributed by atoms with Crippen LogP contribution >= 0.6 is 0 Å². The lowest BCUT2D eigenvalue weighted by Gasteiger charge is -2.40. The number of nitrogens with zero attached hydrogens (tertiary/aromatic N) is 1. The van der Waals surface area contributed by atoms with Crippen LogP contribution in [0.3, 0.4) is 0 Å². The van der Waals surface area contributed by atoms with Crippen molar-refractivity contribution in [2.24, 2.45) is 11.8 Å². The predicted octanol–water partition coefficient (Wildman–Crippen LogP) is 1.01. The average Bonchev–Trinajstić information content (AvgIpc) is 2.36. The zero-order valence-corrected chi connectivity index (χ0v) is 15.2. The maximum Gasteiger partial charge on any atom is 0.410 e. The largest absolute Gasteiger partial charge is 0.469 e. The first-order chi connectivity index (χ1) is 10.3. The van der Waals surface area contributed by atoms with Gasteiger partial charge in [0.25, 0.3) is 10.1 Å². The van der Waals surface area contributed by atoms with Crippen LogP contribution in [0.15, 0.2) is 0 Å². The summed E-state index contributed by atoms with van der Waals surface area (Å²) in [6.07, 6.45) is -0.513. The fourth-order valence-corrected chi connectivity index (χ4v) is 3.19. The van der Waals surface area contributed by atoms with Crippen molar-refractivity contribution in [1.29, 1.82) is 0 Å². The molecule has 0 aromatic carbocycles. The van der Waals surface area contributed by atoms with Crippen LogP contribution < -0.4 is 0 Å². The fraction of sp³-hybridized carbons (Fsp3) is 0.857. The Bertz CT molecular complexity index is 552. The highest BCUT2D eigenvalue weighted by atomic mass is 32.2. The topological polar surface area (TPSA) is 99.2 Å². The highest BCUT2D eigenvalue weighted by Gasteiger charge is 2.44. The second-order valence-electron chi connectivity index (χ2n) is 6.76. The van der Waals surface area contributed by atoms with Gasteiger partial charge in [-0.3, -0.25) is 8.98 Å². The third-order valence-corrected chi connectivity index (χ3v) is 3.90. The first-order valence-corrected chi connectivity index (χ1v) is 9.09. The van der Waals surface area contributed by atoms with Crippen LogP contribution in [0, 0.1) is 11.8 Å². The molecule has 0 radical (unpaired) electrons. The molecule has 1 amide bonds. The van der Waals surface area contributed by atoms with Gasteiger partial charge in [0.15, 0.2) is 0 Å². The van der Waals surface area contributed by atoms with Gasteiger partial charge in [-0.1, -0.05) is 6.92 Å². The molecule has 1 aliphatic heterocycles. The minimum atomic E-state index is -3.74. The lowest BCUT2D eigenvalue weighted by Crippen LogP contribution is -2.55. The van der Waals surface area contributed by atoms with Crippen LogP contribution in [0.5, 0.6) is 0 Å². The first-order valence-electron chi connectivity index (χ1n) is 7.28. The molecule has 0 aromatic heterocycles. The van der Waals surface area contributed by atoms with Crippen molar-refractivity contribution in [2.45, 2.75) is 39.4 Å². The van der Waals surface area contributed by atoms with E-state index in [1.807, 2.05) is 0 Å². The average molecular weight is 351 g/mol. The van der Waals surface area contributed by atoms with E-state index in [1.54, 1.807) is 27.7 Å². The Morgan fingerprint density at radius 2 is 1.74 bits per heavy atom. The smallest absolute Gasteiger partial charge is 0.410 e. The third-order valence-electron chi connectivity index (χ3n) is 3.32.